The van der Waals surface area contributed by atoms with E-state index in [0.717, 1.165) is 22.4 Å². The van der Waals surface area contributed by atoms with Crippen molar-refractivity contribution < 1.29 is 9.53 Å². The van der Waals surface area contributed by atoms with Gasteiger partial charge in [-0.25, -0.2) is 9.79 Å². The van der Waals surface area contributed by atoms with Gasteiger partial charge in [-0.2, -0.15) is 5.26 Å². The number of anilines is 1. The molecular weight excluding hydrogens is 452 g/mol. The van der Waals surface area contributed by atoms with Crippen LogP contribution in [-0.2, 0) is 0 Å². The molecular formula is C28H30N6O2. The van der Waals surface area contributed by atoms with E-state index in [0.29, 0.717) is 37.0 Å². The summed E-state index contributed by atoms with van der Waals surface area (Å²) < 4.78 is 5.45. The number of hydrogen-bond acceptors (Lipinski definition) is 4. The Morgan fingerprint density at radius 2 is 1.81 bits per heavy atom. The molecule has 8 nitrogen and oxygen atoms in total. The van der Waals surface area contributed by atoms with Crippen LogP contribution in [0.5, 0.6) is 5.75 Å². The van der Waals surface area contributed by atoms with Crippen molar-refractivity contribution in [2.45, 2.75) is 19.9 Å². The van der Waals surface area contributed by atoms with E-state index in [1.165, 1.54) is 0 Å². The van der Waals surface area contributed by atoms with E-state index in [2.05, 4.69) is 10.6 Å². The fraction of sp³-hybridized carbons (Fsp3) is 0.250. The third-order valence-corrected chi connectivity index (χ3v) is 6.23. The number of urea groups is 1. The van der Waals surface area contributed by atoms with Crippen molar-refractivity contribution in [3.8, 4) is 11.9 Å². The van der Waals surface area contributed by atoms with Crippen LogP contribution in [0.25, 0.3) is 0 Å². The maximum absolute atomic E-state index is 13.5. The third-order valence-electron chi connectivity index (χ3n) is 6.23. The largest absolute Gasteiger partial charge is 0.495 e. The predicted octanol–water partition coefficient (Wildman–Crippen LogP) is 4.96. The topological polar surface area (TPSA) is 93.0 Å². The Hall–Kier alpha value is -4.51. The molecule has 1 heterocycles. The van der Waals surface area contributed by atoms with Crippen molar-refractivity contribution in [2.75, 3.05) is 32.1 Å². The Kier molecular flexibility index (Phi) is 7.71. The number of rotatable bonds is 4. The van der Waals surface area contributed by atoms with Crippen LogP contribution >= 0.6 is 0 Å². The van der Waals surface area contributed by atoms with Gasteiger partial charge in [-0.05, 0) is 48.7 Å². The van der Waals surface area contributed by atoms with Crippen molar-refractivity contribution in [3.05, 3.63) is 89.5 Å². The molecule has 4 rings (SSSR count). The molecule has 1 saturated heterocycles. The number of nitriles is 1. The lowest BCUT2D eigenvalue weighted by Gasteiger charge is -2.42. The molecule has 36 heavy (non-hydrogen) atoms. The molecule has 0 aromatic heterocycles. The quantitative estimate of drug-likeness (QED) is 0.237. The van der Waals surface area contributed by atoms with Crippen LogP contribution in [0.4, 0.5) is 16.2 Å². The SMILES string of the molecule is COc1ccc(C)cc1NC(=O)N1CCN(C(=Nc2ccccc2C)NC#N)CC1c1ccccc1. The first-order valence-electron chi connectivity index (χ1n) is 11.8. The summed E-state index contributed by atoms with van der Waals surface area (Å²) in [7, 11) is 1.59. The van der Waals surface area contributed by atoms with Gasteiger partial charge in [0.1, 0.15) is 5.75 Å². The Bertz CT molecular complexity index is 1280. The number of para-hydroxylation sites is 1. The first-order chi connectivity index (χ1) is 17.5. The number of guanidine groups is 1. The van der Waals surface area contributed by atoms with Gasteiger partial charge in [0.2, 0.25) is 5.96 Å². The fourth-order valence-electron chi connectivity index (χ4n) is 4.32. The number of nitrogens with zero attached hydrogens (tertiary/aromatic N) is 4. The van der Waals surface area contributed by atoms with Crippen LogP contribution in [0, 0.1) is 25.3 Å². The molecule has 2 N–H and O–H groups in total. The van der Waals surface area contributed by atoms with E-state index >= 15 is 0 Å². The van der Waals surface area contributed by atoms with Crippen molar-refractivity contribution >= 4 is 23.4 Å². The highest BCUT2D eigenvalue weighted by molar-refractivity contribution is 5.92. The number of benzene rings is 3. The summed E-state index contributed by atoms with van der Waals surface area (Å²) >= 11 is 0. The first-order valence-corrected chi connectivity index (χ1v) is 11.8. The Morgan fingerprint density at radius 3 is 2.53 bits per heavy atom. The average Bonchev–Trinajstić information content (AvgIpc) is 2.90. The molecule has 3 aromatic carbocycles. The highest BCUT2D eigenvalue weighted by atomic mass is 16.5. The van der Waals surface area contributed by atoms with Crippen LogP contribution in [0.1, 0.15) is 22.7 Å². The summed E-state index contributed by atoms with van der Waals surface area (Å²) in [4.78, 5) is 22.1. The number of methoxy groups -OCH3 is 1. The molecule has 2 amide bonds. The summed E-state index contributed by atoms with van der Waals surface area (Å²) in [6.45, 7) is 5.39. The minimum absolute atomic E-state index is 0.210. The molecule has 0 bridgehead atoms. The zero-order valence-electron chi connectivity index (χ0n) is 20.7. The summed E-state index contributed by atoms with van der Waals surface area (Å²) in [5, 5.41) is 15.2. The molecule has 184 valence electrons. The van der Waals surface area contributed by atoms with E-state index in [1.54, 1.807) is 7.11 Å². The number of amides is 2. The lowest BCUT2D eigenvalue weighted by molar-refractivity contribution is 0.135. The van der Waals surface area contributed by atoms with Crippen LogP contribution in [0.15, 0.2) is 77.8 Å². The maximum Gasteiger partial charge on any atom is 0.322 e. The van der Waals surface area contributed by atoms with Crippen LogP contribution in [0.2, 0.25) is 0 Å². The summed E-state index contributed by atoms with van der Waals surface area (Å²) in [6, 6.07) is 22.9. The maximum atomic E-state index is 13.5. The standard InChI is InChI=1S/C28H30N6O2/c1-20-13-14-26(36-3)24(17-20)32-28(35)34-16-15-33(18-25(34)22-10-5-4-6-11-22)27(30-19-29)31-23-12-8-7-9-21(23)2/h4-14,17,25H,15-16,18H2,1-3H3,(H,30,31)(H,32,35). The number of piperazine rings is 1. The first kappa shape index (κ1) is 24.6. The number of carbonyl (C=O) groups excluding carboxylic acids is 1. The number of carbonyl (C=O) groups is 1. The molecule has 0 aliphatic carbocycles. The zero-order valence-corrected chi connectivity index (χ0v) is 20.7. The fourth-order valence-corrected chi connectivity index (χ4v) is 4.32. The average molecular weight is 483 g/mol. The van der Waals surface area contributed by atoms with E-state index < -0.39 is 0 Å². The molecule has 1 atom stereocenters. The number of nitrogens with one attached hydrogen (secondary N) is 2. The molecule has 0 radical (unpaired) electrons. The molecule has 1 aliphatic heterocycles. The van der Waals surface area contributed by atoms with Gasteiger partial charge in [0, 0.05) is 19.6 Å². The number of aliphatic imine (C=N–C) groups is 1. The number of aryl methyl sites for hydroxylation is 2. The Morgan fingerprint density at radius 1 is 1.06 bits per heavy atom. The monoisotopic (exact) mass is 482 g/mol. The number of hydrogen-bond donors (Lipinski definition) is 2. The van der Waals surface area contributed by atoms with E-state index in [9.17, 15) is 10.1 Å². The van der Waals surface area contributed by atoms with Gasteiger partial charge >= 0.3 is 6.03 Å². The van der Waals surface area contributed by atoms with Gasteiger partial charge in [-0.1, -0.05) is 54.6 Å². The Balaban J connectivity index is 1.63. The molecule has 3 aromatic rings. The van der Waals surface area contributed by atoms with Crippen LogP contribution in [-0.4, -0.2) is 48.5 Å². The van der Waals surface area contributed by atoms with Gasteiger partial charge < -0.3 is 19.9 Å². The second-order valence-corrected chi connectivity index (χ2v) is 8.66. The van der Waals surface area contributed by atoms with Gasteiger partial charge in [-0.3, -0.25) is 5.32 Å². The van der Waals surface area contributed by atoms with Gasteiger partial charge in [-0.15, -0.1) is 0 Å². The van der Waals surface area contributed by atoms with Crippen LogP contribution < -0.4 is 15.4 Å². The smallest absolute Gasteiger partial charge is 0.322 e. The lowest BCUT2D eigenvalue weighted by atomic mass is 10.0. The molecule has 1 unspecified atom stereocenters. The van der Waals surface area contributed by atoms with E-state index in [1.807, 2.05) is 103 Å². The summed E-state index contributed by atoms with van der Waals surface area (Å²) in [6.07, 6.45) is 2.01. The number of ether oxygens (including phenoxy) is 1. The second-order valence-electron chi connectivity index (χ2n) is 8.66. The van der Waals surface area contributed by atoms with E-state index in [4.69, 9.17) is 9.73 Å². The second kappa shape index (κ2) is 11.3. The Labute approximate surface area is 211 Å². The van der Waals surface area contributed by atoms with Crippen molar-refractivity contribution in [2.24, 2.45) is 4.99 Å². The van der Waals surface area contributed by atoms with Crippen LogP contribution in [0.3, 0.4) is 0 Å². The summed E-state index contributed by atoms with van der Waals surface area (Å²) in [5.74, 6) is 1.07. The summed E-state index contributed by atoms with van der Waals surface area (Å²) in [5.41, 5.74) is 4.46. The normalized spacial score (nSPS) is 15.7. The molecule has 0 spiro atoms. The highest BCUT2D eigenvalue weighted by Gasteiger charge is 2.33. The third kappa shape index (κ3) is 5.58. The van der Waals surface area contributed by atoms with Gasteiger partial charge in [0.05, 0.1) is 24.5 Å². The van der Waals surface area contributed by atoms with E-state index in [-0.39, 0.29) is 12.1 Å². The van der Waals surface area contributed by atoms with Crippen molar-refractivity contribution in [1.29, 1.82) is 5.26 Å². The molecule has 0 saturated carbocycles. The minimum atomic E-state index is -0.252. The molecule has 1 aliphatic rings. The predicted molar refractivity (Wildman–Crippen MR) is 141 cm³/mol. The minimum Gasteiger partial charge on any atom is -0.495 e. The molecule has 8 heteroatoms. The lowest BCUT2D eigenvalue weighted by Crippen LogP contribution is -2.55. The molecule has 1 fully saturated rings. The van der Waals surface area contributed by atoms with Gasteiger partial charge in [0.15, 0.2) is 6.19 Å². The van der Waals surface area contributed by atoms with Gasteiger partial charge in [0.25, 0.3) is 0 Å². The van der Waals surface area contributed by atoms with Crippen molar-refractivity contribution in [3.63, 3.8) is 0 Å². The highest BCUT2D eigenvalue weighted by Crippen LogP contribution is 2.30. The van der Waals surface area contributed by atoms with Crippen molar-refractivity contribution in [1.82, 2.24) is 15.1 Å². The zero-order chi connectivity index (χ0) is 25.5.